The topological polar surface area (TPSA) is 76.5 Å². The van der Waals surface area contributed by atoms with E-state index in [2.05, 4.69) is 10.4 Å². The van der Waals surface area contributed by atoms with E-state index < -0.39 is 12.1 Å². The van der Waals surface area contributed by atoms with Gasteiger partial charge in [-0.1, -0.05) is 11.6 Å². The van der Waals surface area contributed by atoms with Gasteiger partial charge >= 0.3 is 6.09 Å². The Morgan fingerprint density at radius 3 is 3.00 bits per heavy atom. The number of methoxy groups -OCH3 is 1. The Bertz CT molecular complexity index is 520. The summed E-state index contributed by atoms with van der Waals surface area (Å²) in [6.07, 6.45) is 6.15. The number of hydrogen-bond acceptors (Lipinski definition) is 4. The van der Waals surface area contributed by atoms with E-state index in [0.29, 0.717) is 31.1 Å². The van der Waals surface area contributed by atoms with Crippen LogP contribution < -0.4 is 5.32 Å². The standard InChI is InChI=1S/C14H21ClN4O3/c1-22-14(21)19-8-3-2-5-12(19)13(20)16-6-4-7-18-10-11(15)9-17-18/h9-10,12H,2-8H2,1H3,(H,16,20). The number of nitrogens with one attached hydrogen (secondary N) is 1. The van der Waals surface area contributed by atoms with E-state index in [-0.39, 0.29) is 5.91 Å². The number of amides is 2. The molecule has 0 aromatic carbocycles. The number of ether oxygens (including phenoxy) is 1. The van der Waals surface area contributed by atoms with Gasteiger partial charge in [0.25, 0.3) is 0 Å². The van der Waals surface area contributed by atoms with Crippen molar-refractivity contribution >= 4 is 23.6 Å². The van der Waals surface area contributed by atoms with Crippen LogP contribution in [0.3, 0.4) is 0 Å². The van der Waals surface area contributed by atoms with Gasteiger partial charge in [0.1, 0.15) is 6.04 Å². The third-order valence-electron chi connectivity index (χ3n) is 3.68. The maximum atomic E-state index is 12.2. The highest BCUT2D eigenvalue weighted by molar-refractivity contribution is 6.30. The molecule has 8 heteroatoms. The summed E-state index contributed by atoms with van der Waals surface area (Å²) in [5.41, 5.74) is 0. The average molecular weight is 329 g/mol. The first kappa shape index (κ1) is 16.6. The molecular formula is C14H21ClN4O3. The molecule has 1 aromatic heterocycles. The van der Waals surface area contributed by atoms with Crippen LogP contribution in [0, 0.1) is 0 Å². The third kappa shape index (κ3) is 4.37. The molecule has 1 saturated heterocycles. The van der Waals surface area contributed by atoms with E-state index in [1.54, 1.807) is 17.1 Å². The van der Waals surface area contributed by atoms with Crippen LogP contribution in [-0.4, -0.2) is 52.9 Å². The zero-order chi connectivity index (χ0) is 15.9. The molecule has 1 N–H and O–H groups in total. The lowest BCUT2D eigenvalue weighted by Gasteiger charge is -2.33. The van der Waals surface area contributed by atoms with Gasteiger partial charge < -0.3 is 10.1 Å². The predicted octanol–water partition coefficient (Wildman–Crippen LogP) is 1.66. The number of likely N-dealkylation sites (tertiary alicyclic amines) is 1. The number of nitrogens with zero attached hydrogens (tertiary/aromatic N) is 3. The molecule has 1 atom stereocenters. The van der Waals surface area contributed by atoms with Crippen LogP contribution in [-0.2, 0) is 16.1 Å². The summed E-state index contributed by atoms with van der Waals surface area (Å²) in [5.74, 6) is -0.122. The van der Waals surface area contributed by atoms with Crippen molar-refractivity contribution in [1.82, 2.24) is 20.0 Å². The Morgan fingerprint density at radius 1 is 1.50 bits per heavy atom. The lowest BCUT2D eigenvalue weighted by atomic mass is 10.0. The van der Waals surface area contributed by atoms with E-state index in [4.69, 9.17) is 16.3 Å². The van der Waals surface area contributed by atoms with Crippen molar-refractivity contribution in [1.29, 1.82) is 0 Å². The van der Waals surface area contributed by atoms with Gasteiger partial charge in [0.05, 0.1) is 18.3 Å². The Balaban J connectivity index is 1.76. The number of halogens is 1. The quantitative estimate of drug-likeness (QED) is 0.834. The largest absolute Gasteiger partial charge is 0.453 e. The Hall–Kier alpha value is -1.76. The monoisotopic (exact) mass is 328 g/mol. The first-order valence-corrected chi connectivity index (χ1v) is 7.80. The number of aryl methyl sites for hydroxylation is 1. The maximum absolute atomic E-state index is 12.2. The SMILES string of the molecule is COC(=O)N1CCCCC1C(=O)NCCCn1cc(Cl)cn1. The molecule has 0 bridgehead atoms. The van der Waals surface area contributed by atoms with E-state index in [0.717, 1.165) is 19.3 Å². The van der Waals surface area contributed by atoms with Crippen molar-refractivity contribution in [2.75, 3.05) is 20.2 Å². The van der Waals surface area contributed by atoms with Crippen LogP contribution >= 0.6 is 11.6 Å². The van der Waals surface area contributed by atoms with Crippen LogP contribution in [0.15, 0.2) is 12.4 Å². The van der Waals surface area contributed by atoms with Gasteiger partial charge in [0, 0.05) is 25.8 Å². The molecule has 0 radical (unpaired) electrons. The molecule has 22 heavy (non-hydrogen) atoms. The molecule has 1 aliphatic heterocycles. The Morgan fingerprint density at radius 2 is 2.32 bits per heavy atom. The van der Waals surface area contributed by atoms with E-state index in [1.807, 2.05) is 0 Å². The number of piperidine rings is 1. The number of rotatable bonds is 5. The fraction of sp³-hybridized carbons (Fsp3) is 0.643. The van der Waals surface area contributed by atoms with Crippen LogP contribution in [0.1, 0.15) is 25.7 Å². The number of carbonyl (C=O) groups excluding carboxylic acids is 2. The van der Waals surface area contributed by atoms with E-state index in [9.17, 15) is 9.59 Å². The lowest BCUT2D eigenvalue weighted by Crippen LogP contribution is -2.52. The van der Waals surface area contributed by atoms with Crippen molar-refractivity contribution in [3.8, 4) is 0 Å². The van der Waals surface area contributed by atoms with E-state index in [1.165, 1.54) is 12.0 Å². The van der Waals surface area contributed by atoms with Crippen LogP contribution in [0.4, 0.5) is 4.79 Å². The first-order valence-electron chi connectivity index (χ1n) is 7.42. The van der Waals surface area contributed by atoms with Gasteiger partial charge in [-0.2, -0.15) is 5.10 Å². The second kappa shape index (κ2) is 8.03. The van der Waals surface area contributed by atoms with Gasteiger partial charge in [-0.15, -0.1) is 0 Å². The van der Waals surface area contributed by atoms with Gasteiger partial charge in [0.15, 0.2) is 0 Å². The summed E-state index contributed by atoms with van der Waals surface area (Å²) >= 11 is 5.78. The molecular weight excluding hydrogens is 308 g/mol. The summed E-state index contributed by atoms with van der Waals surface area (Å²) in [6, 6.07) is -0.430. The molecule has 2 rings (SSSR count). The first-order chi connectivity index (χ1) is 10.6. The van der Waals surface area contributed by atoms with Crippen molar-refractivity contribution < 1.29 is 14.3 Å². The zero-order valence-corrected chi connectivity index (χ0v) is 13.4. The van der Waals surface area contributed by atoms with Gasteiger partial charge in [-0.25, -0.2) is 4.79 Å². The molecule has 1 aliphatic rings. The van der Waals surface area contributed by atoms with Gasteiger partial charge in [-0.3, -0.25) is 14.4 Å². The summed E-state index contributed by atoms with van der Waals surface area (Å²) in [7, 11) is 1.33. The number of aromatic nitrogens is 2. The minimum absolute atomic E-state index is 0.122. The third-order valence-corrected chi connectivity index (χ3v) is 3.87. The average Bonchev–Trinajstić information content (AvgIpc) is 2.96. The molecule has 0 aliphatic carbocycles. The highest BCUT2D eigenvalue weighted by Gasteiger charge is 2.32. The van der Waals surface area contributed by atoms with Crippen LogP contribution in [0.2, 0.25) is 5.02 Å². The minimum atomic E-state index is -0.439. The fourth-order valence-electron chi connectivity index (χ4n) is 2.57. The summed E-state index contributed by atoms with van der Waals surface area (Å²) < 4.78 is 6.47. The molecule has 2 heterocycles. The number of carbonyl (C=O) groups is 2. The number of hydrogen-bond donors (Lipinski definition) is 1. The highest BCUT2D eigenvalue weighted by atomic mass is 35.5. The van der Waals surface area contributed by atoms with Crippen LogP contribution in [0.5, 0.6) is 0 Å². The van der Waals surface area contributed by atoms with E-state index >= 15 is 0 Å². The zero-order valence-electron chi connectivity index (χ0n) is 12.6. The Kier molecular flexibility index (Phi) is 6.06. The molecule has 0 saturated carbocycles. The highest BCUT2D eigenvalue weighted by Crippen LogP contribution is 2.18. The summed E-state index contributed by atoms with van der Waals surface area (Å²) in [5, 5.41) is 7.54. The second-order valence-corrected chi connectivity index (χ2v) is 5.68. The molecule has 1 aromatic rings. The molecule has 7 nitrogen and oxygen atoms in total. The molecule has 0 spiro atoms. The molecule has 2 amide bonds. The van der Waals surface area contributed by atoms with Crippen molar-refractivity contribution in [3.63, 3.8) is 0 Å². The minimum Gasteiger partial charge on any atom is -0.453 e. The van der Waals surface area contributed by atoms with Crippen molar-refractivity contribution in [2.45, 2.75) is 38.3 Å². The van der Waals surface area contributed by atoms with Crippen molar-refractivity contribution in [3.05, 3.63) is 17.4 Å². The normalized spacial score (nSPS) is 18.1. The van der Waals surface area contributed by atoms with Crippen LogP contribution in [0.25, 0.3) is 0 Å². The second-order valence-electron chi connectivity index (χ2n) is 5.24. The predicted molar refractivity (Wildman–Crippen MR) is 81.6 cm³/mol. The fourth-order valence-corrected chi connectivity index (χ4v) is 2.73. The van der Waals surface area contributed by atoms with Crippen molar-refractivity contribution in [2.24, 2.45) is 0 Å². The molecule has 1 fully saturated rings. The Labute approximate surface area is 134 Å². The molecule has 1 unspecified atom stereocenters. The van der Waals surface area contributed by atoms with Gasteiger partial charge in [0.2, 0.25) is 5.91 Å². The smallest absolute Gasteiger partial charge is 0.410 e. The maximum Gasteiger partial charge on any atom is 0.410 e. The molecule has 122 valence electrons. The summed E-state index contributed by atoms with van der Waals surface area (Å²) in [6.45, 7) is 1.77. The van der Waals surface area contributed by atoms with Gasteiger partial charge in [-0.05, 0) is 25.7 Å². The summed E-state index contributed by atoms with van der Waals surface area (Å²) in [4.78, 5) is 25.4. The lowest BCUT2D eigenvalue weighted by molar-refractivity contribution is -0.127.